The smallest absolute Gasteiger partial charge is 0.0403 e. The average Bonchev–Trinajstić information content (AvgIpc) is 2.90. The molecule has 0 aromatic heterocycles. The largest absolute Gasteiger partial charge is 0.0654 e. The summed E-state index contributed by atoms with van der Waals surface area (Å²) >= 11 is 7.37. The van der Waals surface area contributed by atoms with Gasteiger partial charge in [-0.1, -0.05) is 100 Å². The van der Waals surface area contributed by atoms with Crippen LogP contribution < -0.4 is 0 Å². The van der Waals surface area contributed by atoms with Crippen LogP contribution >= 0.6 is 31.9 Å². The van der Waals surface area contributed by atoms with E-state index in [2.05, 4.69) is 118 Å². The molecule has 186 valence electrons. The summed E-state index contributed by atoms with van der Waals surface area (Å²) in [6.07, 6.45) is 12.7. The van der Waals surface area contributed by atoms with Crippen molar-refractivity contribution in [3.8, 4) is 23.7 Å². The Hall–Kier alpha value is -2.26. The third-order valence-electron chi connectivity index (χ3n) is 6.29. The number of aryl methyl sites for hydroxylation is 2. The van der Waals surface area contributed by atoms with Crippen molar-refractivity contribution in [1.82, 2.24) is 0 Å². The average molecular weight is 604 g/mol. The van der Waals surface area contributed by atoms with Crippen molar-refractivity contribution in [2.75, 3.05) is 0 Å². The number of halogens is 2. The topological polar surface area (TPSA) is 0 Å². The van der Waals surface area contributed by atoms with Crippen LogP contribution in [0.15, 0.2) is 69.6 Å². The van der Waals surface area contributed by atoms with E-state index in [9.17, 15) is 0 Å². The molecule has 0 nitrogen and oxygen atoms in total. The lowest BCUT2D eigenvalue weighted by atomic mass is 10.0. The van der Waals surface area contributed by atoms with E-state index >= 15 is 0 Å². The van der Waals surface area contributed by atoms with Crippen LogP contribution in [0.5, 0.6) is 0 Å². The van der Waals surface area contributed by atoms with Crippen LogP contribution in [-0.2, 0) is 12.8 Å². The van der Waals surface area contributed by atoms with Gasteiger partial charge in [0.25, 0.3) is 0 Å². The molecule has 0 amide bonds. The first-order chi connectivity index (χ1) is 17.6. The van der Waals surface area contributed by atoms with Gasteiger partial charge in [0.1, 0.15) is 0 Å². The van der Waals surface area contributed by atoms with Crippen molar-refractivity contribution in [2.45, 2.75) is 78.1 Å². The number of hydrogen-bond acceptors (Lipinski definition) is 0. The van der Waals surface area contributed by atoms with Crippen molar-refractivity contribution in [2.24, 2.45) is 0 Å². The molecule has 2 heteroatoms. The predicted octanol–water partition coefficient (Wildman–Crippen LogP) is 10.3. The van der Waals surface area contributed by atoms with Gasteiger partial charge >= 0.3 is 0 Å². The second kappa shape index (κ2) is 15.8. The molecule has 0 bridgehead atoms. The highest BCUT2D eigenvalue weighted by molar-refractivity contribution is 9.11. The van der Waals surface area contributed by atoms with E-state index in [0.29, 0.717) is 0 Å². The fraction of sp³-hybridized carbons (Fsp3) is 0.353. The van der Waals surface area contributed by atoms with Gasteiger partial charge in [0, 0.05) is 31.2 Å². The van der Waals surface area contributed by atoms with Crippen LogP contribution in [0.4, 0.5) is 0 Å². The fourth-order valence-corrected chi connectivity index (χ4v) is 4.92. The van der Waals surface area contributed by atoms with Crippen molar-refractivity contribution in [3.05, 3.63) is 103 Å². The Bertz CT molecular complexity index is 1110. The van der Waals surface area contributed by atoms with E-state index in [4.69, 9.17) is 0 Å². The molecule has 0 spiro atoms. The quantitative estimate of drug-likeness (QED) is 0.160. The third-order valence-corrected chi connectivity index (χ3v) is 7.60. The van der Waals surface area contributed by atoms with Gasteiger partial charge in [0.2, 0.25) is 0 Å². The summed E-state index contributed by atoms with van der Waals surface area (Å²) in [4.78, 5) is 0. The van der Waals surface area contributed by atoms with E-state index in [1.54, 1.807) is 0 Å². The normalized spacial score (nSPS) is 10.3. The molecule has 0 aliphatic rings. The minimum absolute atomic E-state index is 0.948. The van der Waals surface area contributed by atoms with E-state index in [0.717, 1.165) is 44.0 Å². The predicted molar refractivity (Wildman–Crippen MR) is 162 cm³/mol. The SMILES string of the molecule is CCCCCCc1ccc(C#Cc2cc(Br)c(C#Cc3ccc(CCCCCC)cc3)cc2Br)cc1. The van der Waals surface area contributed by atoms with E-state index in [-0.39, 0.29) is 0 Å². The Balaban J connectivity index is 1.62. The summed E-state index contributed by atoms with van der Waals surface area (Å²) < 4.78 is 1.91. The molecule has 0 fully saturated rings. The molecule has 0 aliphatic carbocycles. The number of benzene rings is 3. The highest BCUT2D eigenvalue weighted by Gasteiger charge is 2.04. The van der Waals surface area contributed by atoms with Crippen molar-refractivity contribution in [3.63, 3.8) is 0 Å². The Morgan fingerprint density at radius 3 is 1.25 bits per heavy atom. The number of rotatable bonds is 10. The first-order valence-electron chi connectivity index (χ1n) is 13.3. The summed E-state index contributed by atoms with van der Waals surface area (Å²) in [5.74, 6) is 13.2. The second-order valence-electron chi connectivity index (χ2n) is 9.33. The van der Waals surface area contributed by atoms with E-state index < -0.39 is 0 Å². The first-order valence-corrected chi connectivity index (χ1v) is 14.9. The van der Waals surface area contributed by atoms with Gasteiger partial charge in [-0.25, -0.2) is 0 Å². The summed E-state index contributed by atoms with van der Waals surface area (Å²) in [7, 11) is 0. The lowest BCUT2D eigenvalue weighted by Gasteiger charge is -2.03. The van der Waals surface area contributed by atoms with Crippen LogP contribution in [0.3, 0.4) is 0 Å². The maximum absolute atomic E-state index is 3.69. The van der Waals surface area contributed by atoms with Gasteiger partial charge in [-0.05, 0) is 105 Å². The van der Waals surface area contributed by atoms with E-state index in [1.807, 2.05) is 12.1 Å². The Morgan fingerprint density at radius 2 is 0.889 bits per heavy atom. The molecule has 0 N–H and O–H groups in total. The second-order valence-corrected chi connectivity index (χ2v) is 11.0. The monoisotopic (exact) mass is 602 g/mol. The maximum Gasteiger partial charge on any atom is 0.0403 e. The minimum atomic E-state index is 0.948. The molecular formula is C34H36Br2. The zero-order valence-corrected chi connectivity index (χ0v) is 24.8. The van der Waals surface area contributed by atoms with Crippen LogP contribution in [0.25, 0.3) is 0 Å². The summed E-state index contributed by atoms with van der Waals surface area (Å²) in [6, 6.07) is 21.4. The molecule has 0 heterocycles. The molecule has 3 rings (SSSR count). The standard InChI is InChI=1S/C34H36Br2/c1-3-5-7-9-11-27-13-17-29(18-14-27)21-23-31-25-34(36)32(26-33(31)35)24-22-30-19-15-28(16-20-30)12-10-8-6-4-2/h13-20,25-26H,3-12H2,1-2H3. The van der Waals surface area contributed by atoms with Crippen LogP contribution in [-0.4, -0.2) is 0 Å². The molecule has 36 heavy (non-hydrogen) atoms. The molecule has 0 unspecified atom stereocenters. The van der Waals surface area contributed by atoms with Gasteiger partial charge in [-0.3, -0.25) is 0 Å². The minimum Gasteiger partial charge on any atom is -0.0654 e. The van der Waals surface area contributed by atoms with Crippen LogP contribution in [0, 0.1) is 23.7 Å². The third kappa shape index (κ3) is 9.65. The maximum atomic E-state index is 3.69. The highest BCUT2D eigenvalue weighted by atomic mass is 79.9. The van der Waals surface area contributed by atoms with Crippen molar-refractivity contribution >= 4 is 31.9 Å². The fourth-order valence-electron chi connectivity index (χ4n) is 4.04. The van der Waals surface area contributed by atoms with Gasteiger partial charge in [-0.2, -0.15) is 0 Å². The highest BCUT2D eigenvalue weighted by Crippen LogP contribution is 2.25. The molecule has 0 saturated heterocycles. The van der Waals surface area contributed by atoms with Gasteiger partial charge in [-0.15, -0.1) is 0 Å². The van der Waals surface area contributed by atoms with Crippen LogP contribution in [0.2, 0.25) is 0 Å². The van der Waals surface area contributed by atoms with Crippen molar-refractivity contribution in [1.29, 1.82) is 0 Å². The number of unbranched alkanes of at least 4 members (excludes halogenated alkanes) is 6. The molecule has 0 saturated carbocycles. The number of hydrogen-bond donors (Lipinski definition) is 0. The Morgan fingerprint density at radius 1 is 0.500 bits per heavy atom. The molecular weight excluding hydrogens is 568 g/mol. The zero-order valence-electron chi connectivity index (χ0n) is 21.6. The molecule has 3 aromatic carbocycles. The van der Waals surface area contributed by atoms with E-state index in [1.165, 1.54) is 62.5 Å². The van der Waals surface area contributed by atoms with Crippen molar-refractivity contribution < 1.29 is 0 Å². The lowest BCUT2D eigenvalue weighted by Crippen LogP contribution is -1.87. The van der Waals surface area contributed by atoms with Gasteiger partial charge in [0.05, 0.1) is 0 Å². The summed E-state index contributed by atoms with van der Waals surface area (Å²) in [6.45, 7) is 4.50. The lowest BCUT2D eigenvalue weighted by molar-refractivity contribution is 0.667. The molecule has 0 aliphatic heterocycles. The Kier molecular flexibility index (Phi) is 12.4. The summed E-state index contributed by atoms with van der Waals surface area (Å²) in [5.41, 5.74) is 6.75. The van der Waals surface area contributed by atoms with Gasteiger partial charge < -0.3 is 0 Å². The molecule has 0 radical (unpaired) electrons. The molecule has 0 atom stereocenters. The molecule has 3 aromatic rings. The summed E-state index contributed by atoms with van der Waals surface area (Å²) in [5, 5.41) is 0. The first kappa shape index (κ1) is 28.3. The Labute approximate surface area is 235 Å². The zero-order chi connectivity index (χ0) is 25.6. The van der Waals surface area contributed by atoms with Gasteiger partial charge in [0.15, 0.2) is 0 Å². The van der Waals surface area contributed by atoms with Crippen LogP contribution in [0.1, 0.15) is 98.6 Å².